The summed E-state index contributed by atoms with van der Waals surface area (Å²) in [5.41, 5.74) is 0.197. The van der Waals surface area contributed by atoms with Gasteiger partial charge in [-0.05, 0) is 13.0 Å². The number of aryl methyl sites for hydroxylation is 1. The van der Waals surface area contributed by atoms with Gasteiger partial charge in [-0.1, -0.05) is 11.6 Å². The molecule has 4 atom stereocenters. The first-order valence-corrected chi connectivity index (χ1v) is 10.2. The maximum atomic E-state index is 13.3. The van der Waals surface area contributed by atoms with E-state index in [4.69, 9.17) is 16.3 Å². The van der Waals surface area contributed by atoms with E-state index in [1.807, 2.05) is 0 Å². The minimum atomic E-state index is -4.99. The highest BCUT2D eigenvalue weighted by atomic mass is 35.5. The van der Waals surface area contributed by atoms with E-state index >= 15 is 0 Å². The average Bonchev–Trinajstić information content (AvgIpc) is 3.23. The molecule has 0 saturated carbocycles. The fourth-order valence-corrected chi connectivity index (χ4v) is 5.88. The summed E-state index contributed by atoms with van der Waals surface area (Å²) in [4.78, 5) is 13.9. The fourth-order valence-electron chi connectivity index (χ4n) is 4.43. The Morgan fingerprint density at radius 2 is 2.17 bits per heavy atom. The lowest BCUT2D eigenvalue weighted by Gasteiger charge is -2.51. The van der Waals surface area contributed by atoms with Gasteiger partial charge in [-0.2, -0.15) is 18.3 Å². The van der Waals surface area contributed by atoms with E-state index in [2.05, 4.69) is 5.10 Å². The first-order valence-electron chi connectivity index (χ1n) is 9.01. The third-order valence-electron chi connectivity index (χ3n) is 5.57. The molecule has 0 radical (unpaired) electrons. The summed E-state index contributed by atoms with van der Waals surface area (Å²) in [6.07, 6.45) is -2.48. The third-order valence-corrected chi connectivity index (χ3v) is 7.03. The van der Waals surface area contributed by atoms with Gasteiger partial charge in [-0.3, -0.25) is 9.48 Å². The van der Waals surface area contributed by atoms with E-state index in [1.54, 1.807) is 26.2 Å². The number of ether oxygens (including phenoxy) is 1. The van der Waals surface area contributed by atoms with Gasteiger partial charge < -0.3 is 14.7 Å². The highest BCUT2D eigenvalue weighted by Crippen LogP contribution is 2.54. The van der Waals surface area contributed by atoms with Gasteiger partial charge in [0, 0.05) is 48.1 Å². The Bertz CT molecular complexity index is 946. The van der Waals surface area contributed by atoms with Crippen LogP contribution in [-0.4, -0.2) is 44.5 Å². The third kappa shape index (κ3) is 3.45. The summed E-state index contributed by atoms with van der Waals surface area (Å²) in [5, 5.41) is 14.3. The second-order valence-corrected chi connectivity index (χ2v) is 9.27. The number of aliphatic hydroxyl groups excluding tert-OH is 1. The van der Waals surface area contributed by atoms with Crippen LogP contribution in [0.15, 0.2) is 18.5 Å². The number of aliphatic hydroxyl groups is 1. The maximum Gasteiger partial charge on any atom is 0.471 e. The Morgan fingerprint density at radius 1 is 1.45 bits per heavy atom. The summed E-state index contributed by atoms with van der Waals surface area (Å²) in [5.74, 6) is -1.88. The number of halogens is 4. The first kappa shape index (κ1) is 20.6. The van der Waals surface area contributed by atoms with Gasteiger partial charge in [-0.15, -0.1) is 11.3 Å². The molecule has 4 heterocycles. The van der Waals surface area contributed by atoms with Crippen LogP contribution in [0.2, 0.25) is 4.34 Å². The van der Waals surface area contributed by atoms with Crippen LogP contribution < -0.4 is 0 Å². The minimum absolute atomic E-state index is 0.0136. The lowest BCUT2D eigenvalue weighted by Crippen LogP contribution is -2.56. The average molecular weight is 450 g/mol. The van der Waals surface area contributed by atoms with Gasteiger partial charge in [0.2, 0.25) is 0 Å². The second kappa shape index (κ2) is 6.97. The molecule has 0 aliphatic carbocycles. The summed E-state index contributed by atoms with van der Waals surface area (Å²) >= 11 is 7.43. The van der Waals surface area contributed by atoms with E-state index in [-0.39, 0.29) is 19.4 Å². The highest BCUT2D eigenvalue weighted by Gasteiger charge is 2.55. The lowest BCUT2D eigenvalue weighted by atomic mass is 9.77. The maximum absolute atomic E-state index is 13.3. The Labute approximate surface area is 173 Å². The number of nitrogens with zero attached hydrogens (tertiary/aromatic N) is 3. The Kier molecular flexibility index (Phi) is 4.96. The van der Waals surface area contributed by atoms with Gasteiger partial charge in [0.15, 0.2) is 0 Å². The molecule has 6 nitrogen and oxygen atoms in total. The van der Waals surface area contributed by atoms with Crippen molar-refractivity contribution in [2.75, 3.05) is 6.61 Å². The fraction of sp³-hybridized carbons (Fsp3) is 0.556. The molecule has 1 spiro atoms. The predicted octanol–water partition coefficient (Wildman–Crippen LogP) is 3.71. The van der Waals surface area contributed by atoms with Gasteiger partial charge in [0.25, 0.3) is 0 Å². The van der Waals surface area contributed by atoms with Crippen molar-refractivity contribution >= 4 is 28.8 Å². The summed E-state index contributed by atoms with van der Waals surface area (Å²) in [6.45, 7) is 1.59. The molecule has 2 aliphatic rings. The van der Waals surface area contributed by atoms with Crippen molar-refractivity contribution in [1.82, 2.24) is 14.7 Å². The van der Waals surface area contributed by atoms with Crippen LogP contribution in [0.4, 0.5) is 13.2 Å². The molecule has 3 unspecified atom stereocenters. The molecule has 0 bridgehead atoms. The van der Waals surface area contributed by atoms with Crippen molar-refractivity contribution in [2.24, 2.45) is 7.05 Å². The molecule has 4 rings (SSSR count). The first-order chi connectivity index (χ1) is 13.5. The predicted molar refractivity (Wildman–Crippen MR) is 99.5 cm³/mol. The van der Waals surface area contributed by atoms with E-state index in [0.29, 0.717) is 20.3 Å². The number of fused-ring (bicyclic) bond motifs is 2. The van der Waals surface area contributed by atoms with Crippen LogP contribution in [-0.2, 0) is 22.2 Å². The van der Waals surface area contributed by atoms with Gasteiger partial charge in [0.05, 0.1) is 23.2 Å². The highest BCUT2D eigenvalue weighted by molar-refractivity contribution is 7.16. The number of thiophene rings is 1. The molecule has 11 heteroatoms. The van der Waals surface area contributed by atoms with Gasteiger partial charge in [-0.25, -0.2) is 0 Å². The molecule has 1 fully saturated rings. The van der Waals surface area contributed by atoms with Gasteiger partial charge >= 0.3 is 12.1 Å². The van der Waals surface area contributed by atoms with Crippen molar-refractivity contribution < 1.29 is 27.8 Å². The zero-order valence-electron chi connectivity index (χ0n) is 15.6. The molecule has 29 heavy (non-hydrogen) atoms. The Morgan fingerprint density at radius 3 is 2.79 bits per heavy atom. The SMILES string of the molecule is C[C@H]1CC2(CC(c3cnn(C)c3)N1C(=O)C(F)(F)F)OCC(O)c1cc(Cl)sc12. The smallest absolute Gasteiger partial charge is 0.386 e. The quantitative estimate of drug-likeness (QED) is 0.720. The molecule has 1 saturated heterocycles. The van der Waals surface area contributed by atoms with Crippen LogP contribution in [0.3, 0.4) is 0 Å². The van der Waals surface area contributed by atoms with Crippen LogP contribution >= 0.6 is 22.9 Å². The molecule has 158 valence electrons. The monoisotopic (exact) mass is 449 g/mol. The number of carbonyl (C=O) groups is 1. The topological polar surface area (TPSA) is 67.6 Å². The number of amides is 1. The molecular formula is C18H19ClF3N3O3S. The largest absolute Gasteiger partial charge is 0.471 e. The summed E-state index contributed by atoms with van der Waals surface area (Å²) in [6, 6.07) is 0.0330. The molecule has 2 aromatic heterocycles. The summed E-state index contributed by atoms with van der Waals surface area (Å²) in [7, 11) is 1.66. The molecule has 0 aromatic carbocycles. The lowest BCUT2D eigenvalue weighted by molar-refractivity contribution is -0.203. The van der Waals surface area contributed by atoms with Crippen molar-refractivity contribution in [3.8, 4) is 0 Å². The number of hydrogen-bond donors (Lipinski definition) is 1. The van der Waals surface area contributed by atoms with Crippen molar-refractivity contribution in [3.05, 3.63) is 38.8 Å². The van der Waals surface area contributed by atoms with Crippen molar-refractivity contribution in [2.45, 2.75) is 49.7 Å². The van der Waals surface area contributed by atoms with Crippen LogP contribution in [0, 0.1) is 0 Å². The zero-order chi connectivity index (χ0) is 21.1. The van der Waals surface area contributed by atoms with Crippen LogP contribution in [0.1, 0.15) is 47.9 Å². The number of piperidine rings is 1. The van der Waals surface area contributed by atoms with E-state index < -0.39 is 35.9 Å². The standard InChI is InChI=1S/C18H19ClF3N3O3S/c1-9-4-17(15-11(3-14(19)29-15)13(26)8-28-17)5-12(10-6-23-24(2)7-10)25(9)16(27)18(20,21)22/h3,6-7,9,12-13,26H,4-5,8H2,1-2H3/t9-,12?,13?,17?/m0/s1. The van der Waals surface area contributed by atoms with Crippen LogP contribution in [0.5, 0.6) is 0 Å². The molecular weight excluding hydrogens is 431 g/mol. The zero-order valence-corrected chi connectivity index (χ0v) is 17.2. The van der Waals surface area contributed by atoms with Crippen molar-refractivity contribution in [1.29, 1.82) is 0 Å². The Balaban J connectivity index is 1.81. The second-order valence-electron chi connectivity index (χ2n) is 7.59. The number of rotatable bonds is 1. The van der Waals surface area contributed by atoms with E-state index in [9.17, 15) is 23.1 Å². The number of likely N-dealkylation sites (tertiary alicyclic amines) is 1. The molecule has 1 N–H and O–H groups in total. The number of hydrogen-bond acceptors (Lipinski definition) is 5. The van der Waals surface area contributed by atoms with Gasteiger partial charge in [0.1, 0.15) is 11.7 Å². The molecule has 2 aliphatic heterocycles. The molecule has 1 amide bonds. The van der Waals surface area contributed by atoms with Crippen molar-refractivity contribution in [3.63, 3.8) is 0 Å². The molecule has 2 aromatic rings. The number of alkyl halides is 3. The van der Waals surface area contributed by atoms with E-state index in [1.165, 1.54) is 22.2 Å². The van der Waals surface area contributed by atoms with Crippen LogP contribution in [0.25, 0.3) is 0 Å². The minimum Gasteiger partial charge on any atom is -0.386 e. The van der Waals surface area contributed by atoms with E-state index in [0.717, 1.165) is 4.90 Å². The number of aromatic nitrogens is 2. The normalized spacial score (nSPS) is 29.9. The number of carbonyl (C=O) groups excluding carboxylic acids is 1. The Hall–Kier alpha value is -1.62. The summed E-state index contributed by atoms with van der Waals surface area (Å²) < 4.78 is 48.0.